The van der Waals surface area contributed by atoms with E-state index >= 15 is 0 Å². The molecule has 6 aromatic rings. The second kappa shape index (κ2) is 14.3. The lowest BCUT2D eigenvalue weighted by Crippen LogP contribution is -2.29. The van der Waals surface area contributed by atoms with Gasteiger partial charge >= 0.3 is 5.91 Å². The highest BCUT2D eigenvalue weighted by molar-refractivity contribution is 8.00. The maximum atomic E-state index is 14.0. The van der Waals surface area contributed by atoms with Gasteiger partial charge in [0.25, 0.3) is 5.78 Å². The summed E-state index contributed by atoms with van der Waals surface area (Å²) < 4.78 is 14.1. The van der Waals surface area contributed by atoms with E-state index in [1.165, 1.54) is 28.0 Å². The summed E-state index contributed by atoms with van der Waals surface area (Å²) in [6, 6.07) is 24.1. The summed E-state index contributed by atoms with van der Waals surface area (Å²) in [5.41, 5.74) is 3.04. The first kappa shape index (κ1) is 33.3. The Labute approximate surface area is 297 Å². The quantitative estimate of drug-likeness (QED) is 0.0336. The molecule has 0 saturated carbocycles. The van der Waals surface area contributed by atoms with Crippen LogP contribution in [0.1, 0.15) is 54.7 Å². The van der Waals surface area contributed by atoms with Crippen molar-refractivity contribution in [2.24, 2.45) is 0 Å². The van der Waals surface area contributed by atoms with Crippen LogP contribution < -0.4 is 14.4 Å². The number of pyridine rings is 1. The molecule has 7 rings (SSSR count). The number of methoxy groups -OCH3 is 1. The van der Waals surface area contributed by atoms with E-state index in [0.29, 0.717) is 50.8 Å². The summed E-state index contributed by atoms with van der Waals surface area (Å²) in [6.07, 6.45) is 4.77. The summed E-state index contributed by atoms with van der Waals surface area (Å²) in [7, 11) is 1.54. The van der Waals surface area contributed by atoms with Gasteiger partial charge in [0.15, 0.2) is 21.6 Å². The van der Waals surface area contributed by atoms with Gasteiger partial charge in [0.05, 0.1) is 31.0 Å². The number of carbonyl (C=O) groups excluding carboxylic acids is 2. The van der Waals surface area contributed by atoms with Gasteiger partial charge in [-0.3, -0.25) is 18.9 Å². The third-order valence-corrected chi connectivity index (χ3v) is 10.8. The van der Waals surface area contributed by atoms with Crippen LogP contribution in [-0.4, -0.2) is 50.1 Å². The third-order valence-electron chi connectivity index (χ3n) is 8.71. The van der Waals surface area contributed by atoms with Gasteiger partial charge in [-0.05, 0) is 59.5 Å². The van der Waals surface area contributed by atoms with E-state index in [9.17, 15) is 14.7 Å². The van der Waals surface area contributed by atoms with Gasteiger partial charge in [-0.2, -0.15) is 0 Å². The molecule has 12 heteroatoms. The number of amides is 1. The molecule has 1 atom stereocenters. The van der Waals surface area contributed by atoms with Gasteiger partial charge in [0, 0.05) is 11.9 Å². The Kier molecular flexibility index (Phi) is 9.55. The van der Waals surface area contributed by atoms with Crippen molar-refractivity contribution in [3.8, 4) is 11.5 Å². The number of imidazole rings is 1. The number of hydrogen-bond acceptors (Lipinski definition) is 10. The van der Waals surface area contributed by atoms with Gasteiger partial charge in [-0.15, -0.1) is 10.2 Å². The van der Waals surface area contributed by atoms with E-state index in [1.54, 1.807) is 42.8 Å². The lowest BCUT2D eigenvalue weighted by Gasteiger charge is -2.23. The van der Waals surface area contributed by atoms with Gasteiger partial charge in [-0.1, -0.05) is 97.5 Å². The molecule has 1 unspecified atom stereocenters. The SMILES string of the molecule is CCCCCOc1ccc(C2C(=C(O)c3c(C)nc4ccccn34)C(=O)C(=O)N2c2nnc(SCc3cccc4ccccc34)s2)cc1OC. The molecule has 1 aliphatic rings. The highest BCUT2D eigenvalue weighted by Gasteiger charge is 2.49. The minimum Gasteiger partial charge on any atom is -0.505 e. The number of ether oxygens (including phenoxy) is 2. The molecule has 1 saturated heterocycles. The minimum atomic E-state index is -1.03. The number of anilines is 1. The molecule has 254 valence electrons. The van der Waals surface area contributed by atoms with Crippen LogP contribution in [-0.2, 0) is 15.3 Å². The number of benzene rings is 3. The molecule has 1 aliphatic heterocycles. The second-order valence-electron chi connectivity index (χ2n) is 11.9. The standard InChI is InChI=1S/C38H35N5O5S2/c1-4-5-10-20-48-28-18-17-25(21-29(28)47-3)33-31(34(44)32-23(2)39-30-16-8-9-19-42(30)32)35(45)36(46)43(33)37-40-41-38(50-37)49-22-26-14-11-13-24-12-6-7-15-27(24)26/h6-9,11-19,21,33,44H,4-5,10,20,22H2,1-3H3. The molecular formula is C38H35N5O5S2. The Morgan fingerprint density at radius 2 is 1.80 bits per heavy atom. The molecule has 10 nitrogen and oxygen atoms in total. The molecule has 0 spiro atoms. The largest absolute Gasteiger partial charge is 0.505 e. The molecule has 0 aliphatic carbocycles. The zero-order valence-electron chi connectivity index (χ0n) is 27.8. The molecule has 1 amide bonds. The highest BCUT2D eigenvalue weighted by atomic mass is 32.2. The van der Waals surface area contributed by atoms with Crippen molar-refractivity contribution in [1.82, 2.24) is 19.6 Å². The number of aliphatic hydroxyl groups excluding tert-OH is 1. The van der Waals surface area contributed by atoms with Crippen molar-refractivity contribution in [2.75, 3.05) is 18.6 Å². The monoisotopic (exact) mass is 705 g/mol. The topological polar surface area (TPSA) is 119 Å². The van der Waals surface area contributed by atoms with Crippen LogP contribution in [0.25, 0.3) is 22.2 Å². The van der Waals surface area contributed by atoms with Crippen molar-refractivity contribution in [2.45, 2.75) is 49.2 Å². The van der Waals surface area contributed by atoms with Crippen molar-refractivity contribution < 1.29 is 24.2 Å². The Balaban J connectivity index is 1.29. The predicted molar refractivity (Wildman–Crippen MR) is 196 cm³/mol. The van der Waals surface area contributed by atoms with Crippen LogP contribution in [0.15, 0.2) is 95.0 Å². The summed E-state index contributed by atoms with van der Waals surface area (Å²) in [6.45, 7) is 4.41. The van der Waals surface area contributed by atoms with Gasteiger partial charge in [0.2, 0.25) is 5.13 Å². The number of aromatic nitrogens is 4. The number of carbonyl (C=O) groups is 2. The Morgan fingerprint density at radius 3 is 2.64 bits per heavy atom. The predicted octanol–water partition coefficient (Wildman–Crippen LogP) is 8.14. The fraction of sp³-hybridized carbons (Fsp3) is 0.237. The van der Waals surface area contributed by atoms with Crippen LogP contribution in [0.2, 0.25) is 0 Å². The Bertz CT molecular complexity index is 2260. The van der Waals surface area contributed by atoms with Crippen LogP contribution in [0.4, 0.5) is 5.13 Å². The fourth-order valence-corrected chi connectivity index (χ4v) is 8.17. The number of hydrogen-bond donors (Lipinski definition) is 1. The number of rotatable bonds is 12. The maximum Gasteiger partial charge on any atom is 0.301 e. The van der Waals surface area contributed by atoms with Crippen LogP contribution in [0.3, 0.4) is 0 Å². The first-order valence-corrected chi connectivity index (χ1v) is 18.2. The van der Waals surface area contributed by atoms with Crippen LogP contribution in [0.5, 0.6) is 11.5 Å². The maximum absolute atomic E-state index is 14.0. The Morgan fingerprint density at radius 1 is 0.980 bits per heavy atom. The van der Waals surface area contributed by atoms with Gasteiger partial charge in [-0.25, -0.2) is 4.98 Å². The summed E-state index contributed by atoms with van der Waals surface area (Å²) in [5, 5.41) is 23.3. The van der Waals surface area contributed by atoms with Crippen LogP contribution >= 0.6 is 23.1 Å². The second-order valence-corrected chi connectivity index (χ2v) is 14.1. The number of Topliss-reactive ketones (excluding diaryl/α,β-unsaturated/α-hetero) is 1. The number of unbranched alkanes of at least 4 members (excludes halogenated alkanes) is 2. The summed E-state index contributed by atoms with van der Waals surface area (Å²) in [4.78, 5) is 33.8. The van der Waals surface area contributed by atoms with E-state index in [0.717, 1.165) is 35.6 Å². The zero-order valence-corrected chi connectivity index (χ0v) is 29.5. The fourth-order valence-electron chi connectivity index (χ4n) is 6.30. The van der Waals surface area contributed by atoms with E-state index in [-0.39, 0.29) is 16.5 Å². The number of thioether (sulfide) groups is 1. The molecular weight excluding hydrogens is 671 g/mol. The van der Waals surface area contributed by atoms with E-state index < -0.39 is 17.7 Å². The van der Waals surface area contributed by atoms with Crippen molar-refractivity contribution >= 4 is 62.1 Å². The lowest BCUT2D eigenvalue weighted by molar-refractivity contribution is -0.132. The molecule has 1 N–H and O–H groups in total. The minimum absolute atomic E-state index is 0.0809. The molecule has 0 radical (unpaired) electrons. The van der Waals surface area contributed by atoms with Crippen molar-refractivity contribution in [3.63, 3.8) is 0 Å². The average molecular weight is 706 g/mol. The smallest absolute Gasteiger partial charge is 0.301 e. The molecule has 1 fully saturated rings. The zero-order chi connectivity index (χ0) is 34.8. The van der Waals surface area contributed by atoms with Crippen molar-refractivity contribution in [3.05, 3.63) is 113 Å². The number of fused-ring (bicyclic) bond motifs is 2. The third kappa shape index (κ3) is 6.20. The summed E-state index contributed by atoms with van der Waals surface area (Å²) in [5.74, 6) is -0.353. The van der Waals surface area contributed by atoms with E-state index in [2.05, 4.69) is 46.4 Å². The first-order chi connectivity index (χ1) is 24.4. The Hall–Kier alpha value is -5.20. The number of nitrogens with zero attached hydrogens (tertiary/aromatic N) is 5. The number of ketones is 1. The molecule has 3 aromatic carbocycles. The average Bonchev–Trinajstić information content (AvgIpc) is 3.82. The van der Waals surface area contributed by atoms with Gasteiger partial charge in [0.1, 0.15) is 11.3 Å². The van der Waals surface area contributed by atoms with E-state index in [1.807, 2.05) is 36.4 Å². The molecule has 50 heavy (non-hydrogen) atoms. The number of aryl methyl sites for hydroxylation is 1. The van der Waals surface area contributed by atoms with Crippen LogP contribution in [0, 0.1) is 6.92 Å². The van der Waals surface area contributed by atoms with E-state index in [4.69, 9.17) is 9.47 Å². The molecule has 3 aromatic heterocycles. The molecule has 0 bridgehead atoms. The molecule has 4 heterocycles. The summed E-state index contributed by atoms with van der Waals surface area (Å²) >= 11 is 2.73. The first-order valence-electron chi connectivity index (χ1n) is 16.4. The highest BCUT2D eigenvalue weighted by Crippen LogP contribution is 2.46. The van der Waals surface area contributed by atoms with Crippen molar-refractivity contribution in [1.29, 1.82) is 0 Å². The lowest BCUT2D eigenvalue weighted by atomic mass is 9.96. The normalized spacial score (nSPS) is 15.7. The number of aliphatic hydroxyl groups is 1. The van der Waals surface area contributed by atoms with Gasteiger partial charge < -0.3 is 14.6 Å².